The quantitative estimate of drug-likeness (QED) is 0.246. The van der Waals surface area contributed by atoms with Gasteiger partial charge in [-0.2, -0.15) is 10.2 Å². The van der Waals surface area contributed by atoms with Crippen LogP contribution in [0.4, 0.5) is 20.7 Å². The number of esters is 1. The van der Waals surface area contributed by atoms with Gasteiger partial charge in [-0.1, -0.05) is 6.07 Å². The number of piperazine rings is 1. The van der Waals surface area contributed by atoms with Gasteiger partial charge in [0, 0.05) is 26.1 Å². The Morgan fingerprint density at radius 2 is 2.16 bits per heavy atom. The van der Waals surface area contributed by atoms with E-state index in [1.807, 2.05) is 6.07 Å². The van der Waals surface area contributed by atoms with Crippen molar-refractivity contribution in [2.45, 2.75) is 43.6 Å². The van der Waals surface area contributed by atoms with Crippen LogP contribution in [-0.4, -0.2) is 69.7 Å². The van der Waals surface area contributed by atoms with Crippen molar-refractivity contribution in [3.63, 3.8) is 0 Å². The molecule has 2 atom stereocenters. The molecule has 1 aromatic carbocycles. The van der Waals surface area contributed by atoms with E-state index in [0.717, 1.165) is 4.90 Å². The van der Waals surface area contributed by atoms with Crippen LogP contribution in [0.3, 0.4) is 0 Å². The van der Waals surface area contributed by atoms with E-state index in [0.29, 0.717) is 24.0 Å². The number of anilines is 1. The molecular formula is C24H24ClFN6O6. The largest absolute Gasteiger partial charge is 0.468 e. The highest BCUT2D eigenvalue weighted by atomic mass is 35.5. The molecule has 2 aliphatic rings. The molecule has 1 N–H and O–H groups in total. The number of methoxy groups -OCH3 is 1. The van der Waals surface area contributed by atoms with Gasteiger partial charge in [0.2, 0.25) is 11.1 Å². The summed E-state index contributed by atoms with van der Waals surface area (Å²) < 4.78 is 19.1. The summed E-state index contributed by atoms with van der Waals surface area (Å²) in [5.41, 5.74) is -0.849. The summed E-state index contributed by atoms with van der Waals surface area (Å²) in [4.78, 5) is 47.4. The van der Waals surface area contributed by atoms with Crippen LogP contribution in [0.2, 0.25) is 5.28 Å². The number of aryl methyl sites for hydroxylation is 1. The van der Waals surface area contributed by atoms with E-state index in [-0.39, 0.29) is 55.7 Å². The Kier molecular flexibility index (Phi) is 7.63. The lowest BCUT2D eigenvalue weighted by Gasteiger charge is -2.39. The molecule has 1 aliphatic carbocycles. The van der Waals surface area contributed by atoms with Crippen molar-refractivity contribution in [2.75, 3.05) is 31.6 Å². The predicted octanol–water partition coefficient (Wildman–Crippen LogP) is 3.25. The van der Waals surface area contributed by atoms with Crippen molar-refractivity contribution in [3.05, 3.63) is 56.2 Å². The molecule has 0 saturated carbocycles. The number of carbonyl (C=O) groups excluding carboxylic acids is 1. The standard InChI is InChI=1S/C24H24ClFN6O6/c1-38-21(33)24(7-2-3-14-11-15(26)4-5-17(14)24)12-18-19(32(36)37)20(29-22(25)28-18)30-9-10-31(23(34)35)16(13-30)6-8-27/h4-5,11,16H,2-3,6-7,9-10,12-13H2,1H3,(H,34,35). The summed E-state index contributed by atoms with van der Waals surface area (Å²) in [6.07, 6.45) is -0.251. The highest BCUT2D eigenvalue weighted by Gasteiger charge is 2.47. The van der Waals surface area contributed by atoms with Gasteiger partial charge in [-0.15, -0.1) is 0 Å². The maximum atomic E-state index is 14.0. The van der Waals surface area contributed by atoms with Gasteiger partial charge in [0.25, 0.3) is 0 Å². The number of halogens is 2. The zero-order valence-electron chi connectivity index (χ0n) is 20.4. The SMILES string of the molecule is COC(=O)C1(Cc2nc(Cl)nc(N3CCN(C(=O)O)C(CC#N)C3)c2[N+](=O)[O-])CCCc2cc(F)ccc21. The summed E-state index contributed by atoms with van der Waals surface area (Å²) in [6.45, 7) is 0.0185. The zero-order chi connectivity index (χ0) is 27.6. The lowest BCUT2D eigenvalue weighted by molar-refractivity contribution is -0.385. The normalized spacial score (nSPS) is 20.8. The van der Waals surface area contributed by atoms with E-state index in [2.05, 4.69) is 9.97 Å². The van der Waals surface area contributed by atoms with E-state index < -0.39 is 39.9 Å². The molecule has 1 saturated heterocycles. The lowest BCUT2D eigenvalue weighted by atomic mass is 9.67. The van der Waals surface area contributed by atoms with Crippen LogP contribution in [-0.2, 0) is 27.8 Å². The molecular weight excluding hydrogens is 523 g/mol. The molecule has 1 amide bonds. The number of aromatic nitrogens is 2. The first-order chi connectivity index (χ1) is 18.1. The fourth-order valence-electron chi connectivity index (χ4n) is 5.47. The van der Waals surface area contributed by atoms with E-state index in [4.69, 9.17) is 16.3 Å². The minimum atomic E-state index is -1.37. The maximum absolute atomic E-state index is 14.0. The van der Waals surface area contributed by atoms with E-state index in [9.17, 15) is 34.5 Å². The van der Waals surface area contributed by atoms with Crippen molar-refractivity contribution in [2.24, 2.45) is 0 Å². The highest BCUT2D eigenvalue weighted by Crippen LogP contribution is 2.44. The summed E-state index contributed by atoms with van der Waals surface area (Å²) in [5, 5.41) is 30.7. The van der Waals surface area contributed by atoms with Gasteiger partial charge >= 0.3 is 17.7 Å². The number of hydrogen-bond donors (Lipinski definition) is 1. The Balaban J connectivity index is 1.82. The fourth-order valence-corrected chi connectivity index (χ4v) is 5.65. The minimum absolute atomic E-state index is 0.0131. The second-order valence-electron chi connectivity index (χ2n) is 9.21. The lowest BCUT2D eigenvalue weighted by Crippen LogP contribution is -2.55. The first kappa shape index (κ1) is 27.0. The Morgan fingerprint density at radius 1 is 1.39 bits per heavy atom. The molecule has 4 rings (SSSR count). The van der Waals surface area contributed by atoms with Gasteiger partial charge in [-0.05, 0) is 54.1 Å². The second kappa shape index (κ2) is 10.7. The number of nitrogens with zero attached hydrogens (tertiary/aromatic N) is 6. The average Bonchev–Trinajstić information content (AvgIpc) is 2.87. The molecule has 2 aromatic rings. The number of carbonyl (C=O) groups is 2. The third-order valence-electron chi connectivity index (χ3n) is 7.13. The first-order valence-corrected chi connectivity index (χ1v) is 12.2. The summed E-state index contributed by atoms with van der Waals surface area (Å²) in [6, 6.07) is 5.26. The minimum Gasteiger partial charge on any atom is -0.468 e. The average molecular weight is 547 g/mol. The predicted molar refractivity (Wildman–Crippen MR) is 131 cm³/mol. The molecule has 0 radical (unpaired) electrons. The molecule has 1 aliphatic heterocycles. The van der Waals surface area contributed by atoms with Crippen molar-refractivity contribution in [1.29, 1.82) is 5.26 Å². The van der Waals surface area contributed by atoms with Crippen molar-refractivity contribution in [1.82, 2.24) is 14.9 Å². The summed E-state index contributed by atoms with van der Waals surface area (Å²) in [5.74, 6) is -1.23. The zero-order valence-corrected chi connectivity index (χ0v) is 21.1. The van der Waals surface area contributed by atoms with Crippen LogP contribution in [0.15, 0.2) is 18.2 Å². The Hall–Kier alpha value is -4.05. The number of rotatable bonds is 6. The van der Waals surface area contributed by atoms with Crippen LogP contribution in [0.1, 0.15) is 36.1 Å². The van der Waals surface area contributed by atoms with Crippen molar-refractivity contribution < 1.29 is 28.7 Å². The first-order valence-electron chi connectivity index (χ1n) is 11.8. The third-order valence-corrected chi connectivity index (χ3v) is 7.29. The smallest absolute Gasteiger partial charge is 0.407 e. The molecule has 0 spiro atoms. The summed E-state index contributed by atoms with van der Waals surface area (Å²) >= 11 is 6.23. The fraction of sp³-hybridized carbons (Fsp3) is 0.458. The van der Waals surface area contributed by atoms with Gasteiger partial charge in [-0.25, -0.2) is 14.2 Å². The molecule has 0 bridgehead atoms. The van der Waals surface area contributed by atoms with Gasteiger partial charge in [0.05, 0.1) is 36.0 Å². The van der Waals surface area contributed by atoms with Crippen LogP contribution in [0.5, 0.6) is 0 Å². The molecule has 1 aromatic heterocycles. The second-order valence-corrected chi connectivity index (χ2v) is 9.55. The number of nitriles is 1. The maximum Gasteiger partial charge on any atom is 0.407 e. The Labute approximate surface area is 221 Å². The molecule has 14 heteroatoms. The molecule has 38 heavy (non-hydrogen) atoms. The van der Waals surface area contributed by atoms with Gasteiger partial charge < -0.3 is 19.6 Å². The number of carboxylic acid groups (broad SMARTS) is 1. The Morgan fingerprint density at radius 3 is 2.82 bits per heavy atom. The van der Waals surface area contributed by atoms with Crippen molar-refractivity contribution in [3.8, 4) is 6.07 Å². The molecule has 200 valence electrons. The number of ether oxygens (including phenoxy) is 1. The molecule has 2 unspecified atom stereocenters. The topological polar surface area (TPSA) is 163 Å². The molecule has 1 fully saturated rings. The van der Waals surface area contributed by atoms with Crippen LogP contribution in [0.25, 0.3) is 0 Å². The number of fused-ring (bicyclic) bond motifs is 1. The van der Waals surface area contributed by atoms with E-state index >= 15 is 0 Å². The number of amides is 1. The highest BCUT2D eigenvalue weighted by molar-refractivity contribution is 6.28. The van der Waals surface area contributed by atoms with E-state index in [1.54, 1.807) is 0 Å². The number of nitro groups is 1. The third kappa shape index (κ3) is 4.91. The van der Waals surface area contributed by atoms with Gasteiger partial charge in [-0.3, -0.25) is 14.9 Å². The van der Waals surface area contributed by atoms with Gasteiger partial charge in [0.1, 0.15) is 11.5 Å². The van der Waals surface area contributed by atoms with E-state index in [1.165, 1.54) is 30.2 Å². The monoisotopic (exact) mass is 546 g/mol. The summed E-state index contributed by atoms with van der Waals surface area (Å²) in [7, 11) is 1.21. The van der Waals surface area contributed by atoms with Gasteiger partial charge in [0.15, 0.2) is 0 Å². The Bertz CT molecular complexity index is 1340. The number of hydrogen-bond acceptors (Lipinski definition) is 9. The van der Waals surface area contributed by atoms with Crippen LogP contribution in [0, 0.1) is 27.3 Å². The van der Waals surface area contributed by atoms with Crippen LogP contribution < -0.4 is 4.90 Å². The van der Waals surface area contributed by atoms with Crippen molar-refractivity contribution >= 4 is 35.2 Å². The number of benzene rings is 1. The molecule has 2 heterocycles. The van der Waals surface area contributed by atoms with Crippen LogP contribution >= 0.6 is 11.6 Å². The molecule has 12 nitrogen and oxygen atoms in total.